The van der Waals surface area contributed by atoms with Crippen molar-refractivity contribution < 1.29 is 13.9 Å². The lowest BCUT2D eigenvalue weighted by Crippen LogP contribution is -2.33. The van der Waals surface area contributed by atoms with Crippen LogP contribution in [-0.4, -0.2) is 23.3 Å². The van der Waals surface area contributed by atoms with E-state index in [-0.39, 0.29) is 12.2 Å². The van der Waals surface area contributed by atoms with Crippen LogP contribution in [0.15, 0.2) is 88.3 Å². The summed E-state index contributed by atoms with van der Waals surface area (Å²) in [5, 5.41) is 0. The molecule has 0 aromatic heterocycles. The van der Waals surface area contributed by atoms with Crippen LogP contribution in [0, 0.1) is 5.82 Å². The highest BCUT2D eigenvalue weighted by molar-refractivity contribution is 9.10. The van der Waals surface area contributed by atoms with Crippen molar-refractivity contribution in [2.75, 3.05) is 0 Å². The van der Waals surface area contributed by atoms with Crippen molar-refractivity contribution in [2.45, 2.75) is 38.8 Å². The van der Waals surface area contributed by atoms with Gasteiger partial charge >= 0.3 is 5.97 Å². The molecule has 1 atom stereocenters. The highest BCUT2D eigenvalue weighted by Crippen LogP contribution is 2.21. The third-order valence-corrected chi connectivity index (χ3v) is 5.08. The van der Waals surface area contributed by atoms with Crippen LogP contribution in [0.2, 0.25) is 0 Å². The standard InChI is InChI=1S/C26H25BrFNO2/c1-26(2,3)31-25(30)23(17-18-14-15-22(28)21(27)16-18)29-24(19-10-6-4-7-11-19)20-12-8-5-9-13-20/h4-16,23H,17H2,1-3H3. The van der Waals surface area contributed by atoms with Gasteiger partial charge in [0.25, 0.3) is 0 Å². The van der Waals surface area contributed by atoms with Crippen LogP contribution in [0.4, 0.5) is 4.39 Å². The van der Waals surface area contributed by atoms with Crippen LogP contribution in [0.5, 0.6) is 0 Å². The molecule has 160 valence electrons. The monoisotopic (exact) mass is 481 g/mol. The molecule has 3 aromatic rings. The number of rotatable bonds is 6. The Labute approximate surface area is 191 Å². The van der Waals surface area contributed by atoms with Crippen molar-refractivity contribution in [3.05, 3.63) is 106 Å². The number of halogens is 2. The fraction of sp³-hybridized carbons (Fsp3) is 0.231. The number of aliphatic imine (C=N–C) groups is 1. The second kappa shape index (κ2) is 10.0. The van der Waals surface area contributed by atoms with E-state index >= 15 is 0 Å². The first-order valence-electron chi connectivity index (χ1n) is 10.1. The molecule has 5 heteroatoms. The molecule has 1 unspecified atom stereocenters. The van der Waals surface area contributed by atoms with Crippen molar-refractivity contribution in [1.29, 1.82) is 0 Å². The third-order valence-electron chi connectivity index (χ3n) is 4.47. The lowest BCUT2D eigenvalue weighted by Gasteiger charge is -2.23. The lowest BCUT2D eigenvalue weighted by molar-refractivity contribution is -0.156. The third kappa shape index (κ3) is 6.59. The van der Waals surface area contributed by atoms with Gasteiger partial charge in [-0.15, -0.1) is 0 Å². The minimum Gasteiger partial charge on any atom is -0.458 e. The van der Waals surface area contributed by atoms with Gasteiger partial charge in [0, 0.05) is 17.5 Å². The highest BCUT2D eigenvalue weighted by Gasteiger charge is 2.26. The van der Waals surface area contributed by atoms with E-state index in [0.29, 0.717) is 10.2 Å². The maximum atomic E-state index is 13.7. The first kappa shape index (κ1) is 22.9. The van der Waals surface area contributed by atoms with Crippen LogP contribution in [-0.2, 0) is 16.0 Å². The molecule has 0 N–H and O–H groups in total. The quantitative estimate of drug-likeness (QED) is 0.302. The largest absolute Gasteiger partial charge is 0.458 e. The van der Waals surface area contributed by atoms with Crippen molar-refractivity contribution in [1.82, 2.24) is 0 Å². The number of ether oxygens (including phenoxy) is 1. The molecule has 0 amide bonds. The Morgan fingerprint density at radius 3 is 2.00 bits per heavy atom. The summed E-state index contributed by atoms with van der Waals surface area (Å²) in [4.78, 5) is 18.0. The zero-order valence-electron chi connectivity index (χ0n) is 17.8. The van der Waals surface area contributed by atoms with Crippen molar-refractivity contribution in [3.8, 4) is 0 Å². The lowest BCUT2D eigenvalue weighted by atomic mass is 10.0. The Morgan fingerprint density at radius 1 is 0.968 bits per heavy atom. The Hall–Kier alpha value is -2.79. The van der Waals surface area contributed by atoms with E-state index < -0.39 is 17.6 Å². The zero-order chi connectivity index (χ0) is 22.4. The minimum atomic E-state index is -0.785. The molecule has 0 radical (unpaired) electrons. The van der Waals surface area contributed by atoms with E-state index in [9.17, 15) is 9.18 Å². The predicted molar refractivity (Wildman–Crippen MR) is 126 cm³/mol. The molecule has 3 aromatic carbocycles. The van der Waals surface area contributed by atoms with E-state index in [1.165, 1.54) is 6.07 Å². The molecular formula is C26H25BrFNO2. The second-order valence-electron chi connectivity index (χ2n) is 8.21. The molecule has 3 rings (SSSR count). The SMILES string of the molecule is CC(C)(C)OC(=O)C(Cc1ccc(F)c(Br)c1)N=C(c1ccccc1)c1ccccc1. The number of carbonyl (C=O) groups is 1. The summed E-state index contributed by atoms with van der Waals surface area (Å²) in [6, 6.07) is 23.4. The molecule has 0 aliphatic heterocycles. The first-order valence-corrected chi connectivity index (χ1v) is 10.9. The molecule has 31 heavy (non-hydrogen) atoms. The van der Waals surface area contributed by atoms with Gasteiger partial charge in [0.1, 0.15) is 11.4 Å². The summed E-state index contributed by atoms with van der Waals surface area (Å²) < 4.78 is 19.7. The summed E-state index contributed by atoms with van der Waals surface area (Å²) in [5.74, 6) is -0.771. The van der Waals surface area contributed by atoms with Gasteiger partial charge < -0.3 is 4.74 Å². The highest BCUT2D eigenvalue weighted by atomic mass is 79.9. The zero-order valence-corrected chi connectivity index (χ0v) is 19.4. The van der Waals surface area contributed by atoms with Crippen LogP contribution in [0.1, 0.15) is 37.5 Å². The topological polar surface area (TPSA) is 38.7 Å². The normalized spacial score (nSPS) is 12.2. The number of hydrogen-bond donors (Lipinski definition) is 0. The van der Waals surface area contributed by atoms with Crippen LogP contribution in [0.25, 0.3) is 0 Å². The fourth-order valence-electron chi connectivity index (χ4n) is 3.10. The molecule has 0 bridgehead atoms. The summed E-state index contributed by atoms with van der Waals surface area (Å²) >= 11 is 3.22. The van der Waals surface area contributed by atoms with Gasteiger partial charge in [-0.3, -0.25) is 4.99 Å². The van der Waals surface area contributed by atoms with E-state index in [2.05, 4.69) is 15.9 Å². The first-order chi connectivity index (χ1) is 14.7. The van der Waals surface area contributed by atoms with E-state index in [1.54, 1.807) is 12.1 Å². The molecule has 0 saturated heterocycles. The second-order valence-corrected chi connectivity index (χ2v) is 9.07. The number of benzene rings is 3. The van der Waals surface area contributed by atoms with Crippen LogP contribution in [0.3, 0.4) is 0 Å². The van der Waals surface area contributed by atoms with Crippen LogP contribution < -0.4 is 0 Å². The number of esters is 1. The molecular weight excluding hydrogens is 457 g/mol. The Kier molecular flexibility index (Phi) is 7.39. The van der Waals surface area contributed by atoms with E-state index in [1.807, 2.05) is 81.4 Å². The smallest absolute Gasteiger partial charge is 0.331 e. The minimum absolute atomic E-state index is 0.289. The molecule has 0 fully saturated rings. The van der Waals surface area contributed by atoms with E-state index in [0.717, 1.165) is 16.7 Å². The van der Waals surface area contributed by atoms with Crippen molar-refractivity contribution >= 4 is 27.6 Å². The van der Waals surface area contributed by atoms with Gasteiger partial charge in [-0.05, 0) is 54.4 Å². The Morgan fingerprint density at radius 2 is 1.52 bits per heavy atom. The molecule has 3 nitrogen and oxygen atoms in total. The van der Waals surface area contributed by atoms with E-state index in [4.69, 9.17) is 9.73 Å². The Bertz CT molecular complexity index is 1020. The van der Waals surface area contributed by atoms with Crippen molar-refractivity contribution in [2.24, 2.45) is 4.99 Å². The summed E-state index contributed by atoms with van der Waals surface area (Å²) in [6.07, 6.45) is 0.289. The van der Waals surface area contributed by atoms with Crippen LogP contribution >= 0.6 is 15.9 Å². The van der Waals surface area contributed by atoms with Gasteiger partial charge in [0.2, 0.25) is 0 Å². The summed E-state index contributed by atoms with van der Waals surface area (Å²) in [5.41, 5.74) is 2.66. The number of nitrogens with zero attached hydrogens (tertiary/aromatic N) is 1. The summed E-state index contributed by atoms with van der Waals surface area (Å²) in [6.45, 7) is 5.49. The molecule has 0 saturated carbocycles. The molecule has 0 aliphatic carbocycles. The average Bonchev–Trinajstić information content (AvgIpc) is 2.73. The maximum Gasteiger partial charge on any atom is 0.331 e. The van der Waals surface area contributed by atoms with Crippen molar-refractivity contribution in [3.63, 3.8) is 0 Å². The molecule has 0 spiro atoms. The molecule has 0 aliphatic rings. The molecule has 0 heterocycles. The van der Waals surface area contributed by atoms with Gasteiger partial charge in [-0.1, -0.05) is 66.7 Å². The maximum absolute atomic E-state index is 13.7. The van der Waals surface area contributed by atoms with Gasteiger partial charge in [-0.2, -0.15) is 0 Å². The number of hydrogen-bond acceptors (Lipinski definition) is 3. The number of carbonyl (C=O) groups excluding carboxylic acids is 1. The Balaban J connectivity index is 2.07. The fourth-order valence-corrected chi connectivity index (χ4v) is 3.53. The van der Waals surface area contributed by atoms with Gasteiger partial charge in [0.15, 0.2) is 6.04 Å². The average molecular weight is 482 g/mol. The summed E-state index contributed by atoms with van der Waals surface area (Å²) in [7, 11) is 0. The van der Waals surface area contributed by atoms with Gasteiger partial charge in [-0.25, -0.2) is 9.18 Å². The van der Waals surface area contributed by atoms with Gasteiger partial charge in [0.05, 0.1) is 10.2 Å². The predicted octanol–water partition coefficient (Wildman–Crippen LogP) is 6.38.